The van der Waals surface area contributed by atoms with E-state index in [0.717, 1.165) is 88.5 Å². The molecule has 0 fully saturated rings. The highest BCUT2D eigenvalue weighted by molar-refractivity contribution is 6.24. The van der Waals surface area contributed by atoms with Crippen molar-refractivity contribution >= 4 is 61.7 Å². The number of hydrogen-bond donors (Lipinski definition) is 0. The van der Waals surface area contributed by atoms with Crippen molar-refractivity contribution in [1.29, 1.82) is 0 Å². The largest absolute Gasteiger partial charge is 0.233 e. The molecule has 2 aliphatic rings. The van der Waals surface area contributed by atoms with Crippen LogP contribution in [0.4, 0.5) is 0 Å². The summed E-state index contributed by atoms with van der Waals surface area (Å²) in [5.41, 5.74) is 11.7. The number of nitrogens with zero attached hydrogens (tertiary/aromatic N) is 2. The van der Waals surface area contributed by atoms with Crippen molar-refractivity contribution in [2.45, 2.75) is 58.3 Å². The molecule has 0 amide bonds. The van der Waals surface area contributed by atoms with Crippen molar-refractivity contribution < 1.29 is 0 Å². The van der Waals surface area contributed by atoms with Gasteiger partial charge in [0.15, 0.2) is 5.84 Å². The number of hydrogen-bond acceptors (Lipinski definition) is 2. The van der Waals surface area contributed by atoms with Gasteiger partial charge < -0.3 is 0 Å². The van der Waals surface area contributed by atoms with Crippen molar-refractivity contribution in [2.75, 3.05) is 0 Å². The normalized spacial score (nSPS) is 17.5. The first-order valence-electron chi connectivity index (χ1n) is 22.9. The highest BCUT2D eigenvalue weighted by Gasteiger charge is 2.38. The maximum Gasteiger partial charge on any atom is 0.156 e. The molecule has 1 heterocycles. The van der Waals surface area contributed by atoms with Gasteiger partial charge in [-0.15, -0.1) is 0 Å². The molecule has 0 bridgehead atoms. The molecule has 312 valence electrons. The number of aliphatic imine (C=N–C) groups is 2. The van der Waals surface area contributed by atoms with Crippen LogP contribution in [-0.4, -0.2) is 11.5 Å². The average Bonchev–Trinajstić information content (AvgIpc) is 3.48. The average molecular weight is 827 g/mol. The minimum atomic E-state index is -0.289. The Bertz CT molecular complexity index is 3340. The second kappa shape index (κ2) is 17.5. The van der Waals surface area contributed by atoms with Gasteiger partial charge in [-0.25, -0.2) is 9.98 Å². The van der Waals surface area contributed by atoms with E-state index in [4.69, 9.17) is 9.98 Å². The number of rotatable bonds is 9. The lowest BCUT2D eigenvalue weighted by Gasteiger charge is -2.37. The quantitative estimate of drug-likeness (QED) is 0.130. The Labute approximate surface area is 377 Å². The van der Waals surface area contributed by atoms with E-state index in [-0.39, 0.29) is 11.3 Å². The number of amidine groups is 1. The van der Waals surface area contributed by atoms with Crippen LogP contribution >= 0.6 is 0 Å². The Balaban J connectivity index is 1.16. The summed E-state index contributed by atoms with van der Waals surface area (Å²) in [6.45, 7) is 13.6. The molecule has 2 atom stereocenters. The number of aryl methyl sites for hydroxylation is 1. The van der Waals surface area contributed by atoms with Gasteiger partial charge in [-0.05, 0) is 133 Å². The molecule has 0 spiro atoms. The molecule has 8 aromatic carbocycles. The van der Waals surface area contributed by atoms with Crippen LogP contribution in [0.5, 0.6) is 0 Å². The van der Waals surface area contributed by atoms with E-state index < -0.39 is 0 Å². The van der Waals surface area contributed by atoms with Gasteiger partial charge >= 0.3 is 0 Å². The van der Waals surface area contributed by atoms with E-state index in [9.17, 15) is 0 Å². The lowest BCUT2D eigenvalue weighted by atomic mass is 9.66. The molecule has 2 heteroatoms. The van der Waals surface area contributed by atoms with E-state index in [1.54, 1.807) is 0 Å². The Kier molecular flexibility index (Phi) is 11.2. The van der Waals surface area contributed by atoms with Gasteiger partial charge in [0.1, 0.15) is 0 Å². The molecule has 0 N–H and O–H groups in total. The summed E-state index contributed by atoms with van der Waals surface area (Å²) in [6, 6.07) is 61.8. The van der Waals surface area contributed by atoms with E-state index in [1.165, 1.54) is 54.6 Å². The third-order valence-electron chi connectivity index (χ3n) is 13.7. The molecular weight excluding hydrogens is 773 g/mol. The fourth-order valence-corrected chi connectivity index (χ4v) is 10.3. The summed E-state index contributed by atoms with van der Waals surface area (Å²) in [4.78, 5) is 11.3. The fraction of sp³-hybridized carbons (Fsp3) is 0.161. The Hall–Kier alpha value is -7.16. The van der Waals surface area contributed by atoms with Gasteiger partial charge in [-0.2, -0.15) is 0 Å². The summed E-state index contributed by atoms with van der Waals surface area (Å²) in [5, 5.41) is 9.64. The van der Waals surface area contributed by atoms with Gasteiger partial charge in [0, 0.05) is 11.1 Å². The van der Waals surface area contributed by atoms with E-state index >= 15 is 0 Å². The minimum Gasteiger partial charge on any atom is -0.233 e. The minimum absolute atomic E-state index is 0.199. The lowest BCUT2D eigenvalue weighted by Crippen LogP contribution is -2.30. The molecule has 1 aliphatic carbocycles. The van der Waals surface area contributed by atoms with Gasteiger partial charge in [-0.3, -0.25) is 0 Å². The lowest BCUT2D eigenvalue weighted by molar-refractivity contribution is 0.302. The maximum atomic E-state index is 5.68. The monoisotopic (exact) mass is 826 g/mol. The van der Waals surface area contributed by atoms with Gasteiger partial charge in [0.2, 0.25) is 0 Å². The molecule has 1 aliphatic heterocycles. The van der Waals surface area contributed by atoms with Gasteiger partial charge in [0.05, 0.1) is 11.4 Å². The molecule has 0 aromatic heterocycles. The van der Waals surface area contributed by atoms with Crippen LogP contribution in [0.1, 0.15) is 74.1 Å². The van der Waals surface area contributed by atoms with E-state index in [1.807, 2.05) is 0 Å². The third kappa shape index (κ3) is 8.01. The highest BCUT2D eigenvalue weighted by Crippen LogP contribution is 2.52. The second-order valence-electron chi connectivity index (χ2n) is 18.0. The summed E-state index contributed by atoms with van der Waals surface area (Å²) < 4.78 is 0. The first-order valence-corrected chi connectivity index (χ1v) is 22.9. The van der Waals surface area contributed by atoms with E-state index in [0.29, 0.717) is 0 Å². The van der Waals surface area contributed by atoms with Crippen LogP contribution in [0.25, 0.3) is 61.3 Å². The summed E-state index contributed by atoms with van der Waals surface area (Å²) in [7, 11) is 0. The number of benzene rings is 8. The van der Waals surface area contributed by atoms with Crippen LogP contribution in [0, 0.1) is 5.41 Å². The third-order valence-corrected chi connectivity index (χ3v) is 13.7. The smallest absolute Gasteiger partial charge is 0.156 e. The van der Waals surface area contributed by atoms with Crippen molar-refractivity contribution in [1.82, 2.24) is 0 Å². The Morgan fingerprint density at radius 2 is 1.33 bits per heavy atom. The molecule has 2 unspecified atom stereocenters. The zero-order chi connectivity index (χ0) is 43.6. The zero-order valence-electron chi connectivity index (χ0n) is 37.0. The first-order chi connectivity index (χ1) is 31.3. The number of fused-ring (bicyclic) bond motifs is 7. The van der Waals surface area contributed by atoms with Crippen LogP contribution in [0.2, 0.25) is 0 Å². The van der Waals surface area contributed by atoms with Crippen molar-refractivity contribution in [3.8, 4) is 11.1 Å². The van der Waals surface area contributed by atoms with Crippen LogP contribution in [-0.2, 0) is 6.42 Å². The predicted octanol–water partition coefficient (Wildman–Crippen LogP) is 14.7. The Morgan fingerprint density at radius 1 is 0.656 bits per heavy atom. The highest BCUT2D eigenvalue weighted by atomic mass is 14.9. The van der Waals surface area contributed by atoms with Crippen LogP contribution in [0.15, 0.2) is 210 Å². The molecular formula is C62H54N2. The maximum absolute atomic E-state index is 5.68. The fourth-order valence-electron chi connectivity index (χ4n) is 10.3. The van der Waals surface area contributed by atoms with Crippen LogP contribution in [0.3, 0.4) is 0 Å². The Morgan fingerprint density at radius 3 is 2.11 bits per heavy atom. The van der Waals surface area contributed by atoms with Crippen molar-refractivity contribution in [3.63, 3.8) is 0 Å². The van der Waals surface area contributed by atoms with Crippen LogP contribution < -0.4 is 10.4 Å². The van der Waals surface area contributed by atoms with Crippen molar-refractivity contribution in [2.24, 2.45) is 15.4 Å². The molecule has 0 radical (unpaired) electrons. The molecule has 2 nitrogen and oxygen atoms in total. The molecule has 64 heavy (non-hydrogen) atoms. The standard InChI is InChI=1S/C62H54N2/c1-42(2)36-38-62(4,57-35-33-49-40-47-23-9-10-24-48(47)41-56(49)54-34-32-45-20-12-15-28-52(45)60(54)57)39-37-55(50-26-13-8-18-43(50)3)61-63-58(46-21-6-5-7-22-46)30-17-31-59(64-61)53-29-16-25-44-19-11-14-27-51(44)53/h5-16,18-29,31-32,34,36,38,40-41,57H,1,3,17,30,33,35,37,39H2,2,4H3/b38-36-,55-50?,59-31-,63-58?,64-61?. The van der Waals surface area contributed by atoms with Gasteiger partial charge in [0.25, 0.3) is 0 Å². The molecule has 8 aromatic rings. The topological polar surface area (TPSA) is 24.7 Å². The summed E-state index contributed by atoms with van der Waals surface area (Å²) in [6.07, 6.45) is 12.3. The summed E-state index contributed by atoms with van der Waals surface area (Å²) >= 11 is 0. The molecule has 0 saturated heterocycles. The molecule has 10 rings (SSSR count). The first kappa shape index (κ1) is 40.9. The molecule has 0 saturated carbocycles. The SMILES string of the molecule is C=C(C)/C=C\C(C)(CCC(C1=N/C(c2cccc3ccccc23)=C\CCC(c2ccccc2)=N1)=c1ccccc1=C)C1CCc2cc3ccccc3cc2-c2ccc3ccccc3c21. The zero-order valence-corrected chi connectivity index (χ0v) is 37.0. The predicted molar refractivity (Wildman–Crippen MR) is 275 cm³/mol. The van der Waals surface area contributed by atoms with E-state index in [2.05, 4.69) is 215 Å². The number of allylic oxidation sites excluding steroid dienone is 4. The second-order valence-corrected chi connectivity index (χ2v) is 18.0. The van der Waals surface area contributed by atoms with Crippen molar-refractivity contribution in [3.05, 3.63) is 233 Å². The van der Waals surface area contributed by atoms with Gasteiger partial charge in [-0.1, -0.05) is 208 Å². The summed E-state index contributed by atoms with van der Waals surface area (Å²) in [5.74, 6) is 0.954.